The first-order valence-electron chi connectivity index (χ1n) is 11.6. The van der Waals surface area contributed by atoms with Crippen molar-refractivity contribution in [2.24, 2.45) is 0 Å². The minimum absolute atomic E-state index is 0.0749. The van der Waals surface area contributed by atoms with Crippen LogP contribution < -0.4 is 5.32 Å². The molecule has 170 valence electrons. The van der Waals surface area contributed by atoms with Crippen LogP contribution in [0.2, 0.25) is 0 Å². The van der Waals surface area contributed by atoms with Crippen LogP contribution in [0.4, 0.5) is 4.39 Å². The topological polar surface area (TPSA) is 62.5 Å². The van der Waals surface area contributed by atoms with Gasteiger partial charge in [-0.05, 0) is 69.3 Å². The number of aromatic nitrogens is 3. The Hall–Kier alpha value is -2.80. The molecule has 3 aromatic rings. The number of hydrogen-bond donors (Lipinski definition) is 1. The van der Waals surface area contributed by atoms with E-state index >= 15 is 0 Å². The summed E-state index contributed by atoms with van der Waals surface area (Å²) in [6.07, 6.45) is 4.16. The van der Waals surface area contributed by atoms with Gasteiger partial charge in [0.15, 0.2) is 5.65 Å². The van der Waals surface area contributed by atoms with Gasteiger partial charge in [-0.15, -0.1) is 0 Å². The monoisotopic (exact) mass is 437 g/mol. The van der Waals surface area contributed by atoms with Gasteiger partial charge in [-0.25, -0.2) is 13.9 Å². The highest BCUT2D eigenvalue weighted by molar-refractivity contribution is 5.76. The molecule has 0 bridgehead atoms. The van der Waals surface area contributed by atoms with E-state index < -0.39 is 0 Å². The molecule has 3 heterocycles. The molecule has 4 rings (SSSR count). The maximum absolute atomic E-state index is 13.6. The Bertz CT molecular complexity index is 1110. The first kappa shape index (κ1) is 22.4. The van der Waals surface area contributed by atoms with Gasteiger partial charge in [-0.2, -0.15) is 5.10 Å². The van der Waals surface area contributed by atoms with E-state index in [9.17, 15) is 9.18 Å². The van der Waals surface area contributed by atoms with E-state index in [1.54, 1.807) is 12.1 Å². The standard InChI is InChI=1S/C25H32FN5O/c1-4-12-27-25(32)11-10-21-17(2)28-24-15-22(29-31(24)18(21)3)23-9-6-13-30(23)16-19-7-5-8-20(26)14-19/h5,7-8,14-15,23H,4,6,9-13,16H2,1-3H3,(H,27,32)/t23-/m1/s1. The van der Waals surface area contributed by atoms with Crippen LogP contribution >= 0.6 is 0 Å². The molecular formula is C25H32FN5O. The number of nitrogens with zero attached hydrogens (tertiary/aromatic N) is 4. The Morgan fingerprint density at radius 1 is 1.28 bits per heavy atom. The van der Waals surface area contributed by atoms with Crippen LogP contribution in [0.5, 0.6) is 0 Å². The van der Waals surface area contributed by atoms with Gasteiger partial charge in [0, 0.05) is 37.0 Å². The van der Waals surface area contributed by atoms with E-state index in [0.717, 1.165) is 59.7 Å². The van der Waals surface area contributed by atoms with Crippen molar-refractivity contribution in [3.63, 3.8) is 0 Å². The fourth-order valence-corrected chi connectivity index (χ4v) is 4.68. The Labute approximate surface area is 188 Å². The first-order valence-corrected chi connectivity index (χ1v) is 11.6. The second kappa shape index (κ2) is 9.77. The van der Waals surface area contributed by atoms with Crippen molar-refractivity contribution in [1.82, 2.24) is 24.8 Å². The third-order valence-electron chi connectivity index (χ3n) is 6.34. The van der Waals surface area contributed by atoms with Crippen LogP contribution in [-0.2, 0) is 17.8 Å². The fourth-order valence-electron chi connectivity index (χ4n) is 4.68. The molecule has 1 amide bonds. The summed E-state index contributed by atoms with van der Waals surface area (Å²) in [5.41, 5.74) is 5.90. The van der Waals surface area contributed by atoms with Crippen LogP contribution in [0.3, 0.4) is 0 Å². The van der Waals surface area contributed by atoms with Crippen molar-refractivity contribution < 1.29 is 9.18 Å². The number of carbonyl (C=O) groups is 1. The largest absolute Gasteiger partial charge is 0.356 e. The van der Waals surface area contributed by atoms with E-state index in [4.69, 9.17) is 10.1 Å². The Balaban J connectivity index is 1.55. The lowest BCUT2D eigenvalue weighted by Crippen LogP contribution is -2.24. The highest BCUT2D eigenvalue weighted by atomic mass is 19.1. The Morgan fingerprint density at radius 2 is 2.12 bits per heavy atom. The normalized spacial score (nSPS) is 16.7. The summed E-state index contributed by atoms with van der Waals surface area (Å²) in [5, 5.41) is 7.86. The van der Waals surface area contributed by atoms with E-state index in [1.807, 2.05) is 24.4 Å². The summed E-state index contributed by atoms with van der Waals surface area (Å²) >= 11 is 0. The van der Waals surface area contributed by atoms with Crippen LogP contribution in [0.25, 0.3) is 5.65 Å². The predicted molar refractivity (Wildman–Crippen MR) is 123 cm³/mol. The number of hydrogen-bond acceptors (Lipinski definition) is 4. The third-order valence-corrected chi connectivity index (χ3v) is 6.34. The van der Waals surface area contributed by atoms with E-state index in [-0.39, 0.29) is 17.8 Å². The molecule has 1 aromatic carbocycles. The van der Waals surface area contributed by atoms with Crippen molar-refractivity contribution in [1.29, 1.82) is 0 Å². The Kier molecular flexibility index (Phi) is 6.84. The molecule has 32 heavy (non-hydrogen) atoms. The summed E-state index contributed by atoms with van der Waals surface area (Å²) in [5.74, 6) is -0.122. The third kappa shape index (κ3) is 4.83. The van der Waals surface area contributed by atoms with Gasteiger partial charge >= 0.3 is 0 Å². The lowest BCUT2D eigenvalue weighted by atomic mass is 10.1. The van der Waals surface area contributed by atoms with Crippen LogP contribution in [-0.4, -0.2) is 38.5 Å². The van der Waals surface area contributed by atoms with Gasteiger partial charge in [0.25, 0.3) is 0 Å². The van der Waals surface area contributed by atoms with Crippen molar-refractivity contribution in [3.8, 4) is 0 Å². The summed E-state index contributed by atoms with van der Waals surface area (Å²) in [4.78, 5) is 19.2. The van der Waals surface area contributed by atoms with Crippen molar-refractivity contribution in [2.75, 3.05) is 13.1 Å². The molecule has 0 unspecified atom stereocenters. The predicted octanol–water partition coefficient (Wildman–Crippen LogP) is 4.28. The number of amides is 1. The molecule has 1 N–H and O–H groups in total. The van der Waals surface area contributed by atoms with Crippen molar-refractivity contribution >= 4 is 11.6 Å². The average Bonchev–Trinajstić information content (AvgIpc) is 3.39. The molecule has 7 heteroatoms. The number of carbonyl (C=O) groups excluding carboxylic acids is 1. The molecule has 0 radical (unpaired) electrons. The zero-order valence-electron chi connectivity index (χ0n) is 19.2. The number of halogens is 1. The maximum Gasteiger partial charge on any atom is 0.220 e. The van der Waals surface area contributed by atoms with Gasteiger partial charge in [0.05, 0.1) is 11.7 Å². The molecule has 1 saturated heterocycles. The quantitative estimate of drug-likeness (QED) is 0.571. The molecule has 2 aromatic heterocycles. The second-order valence-electron chi connectivity index (χ2n) is 8.71. The Morgan fingerprint density at radius 3 is 2.91 bits per heavy atom. The number of benzene rings is 1. The molecule has 1 aliphatic heterocycles. The van der Waals surface area contributed by atoms with Gasteiger partial charge in [-0.1, -0.05) is 19.1 Å². The highest BCUT2D eigenvalue weighted by Gasteiger charge is 2.29. The lowest BCUT2D eigenvalue weighted by Gasteiger charge is -2.23. The van der Waals surface area contributed by atoms with Gasteiger partial charge in [-0.3, -0.25) is 9.69 Å². The smallest absolute Gasteiger partial charge is 0.220 e. The summed E-state index contributed by atoms with van der Waals surface area (Å²) in [6, 6.07) is 9.10. The molecular weight excluding hydrogens is 405 g/mol. The van der Waals surface area contributed by atoms with E-state index in [1.165, 1.54) is 6.07 Å². The molecule has 6 nitrogen and oxygen atoms in total. The second-order valence-corrected chi connectivity index (χ2v) is 8.71. The zero-order chi connectivity index (χ0) is 22.7. The lowest BCUT2D eigenvalue weighted by molar-refractivity contribution is -0.121. The van der Waals surface area contributed by atoms with Gasteiger partial charge in [0.1, 0.15) is 5.82 Å². The van der Waals surface area contributed by atoms with E-state index in [0.29, 0.717) is 25.9 Å². The molecule has 1 atom stereocenters. The SMILES string of the molecule is CCCNC(=O)CCc1c(C)nc2cc([C@H]3CCCN3Cc3cccc(F)c3)nn2c1C. The van der Waals surface area contributed by atoms with Gasteiger partial charge < -0.3 is 5.32 Å². The first-order chi connectivity index (χ1) is 15.5. The summed E-state index contributed by atoms with van der Waals surface area (Å²) in [6.45, 7) is 8.50. The van der Waals surface area contributed by atoms with Crippen LogP contribution in [0.1, 0.15) is 66.9 Å². The average molecular weight is 438 g/mol. The van der Waals surface area contributed by atoms with Gasteiger partial charge in [0.2, 0.25) is 5.91 Å². The van der Waals surface area contributed by atoms with E-state index in [2.05, 4.69) is 23.2 Å². The van der Waals surface area contributed by atoms with Crippen molar-refractivity contribution in [2.45, 2.75) is 65.5 Å². The molecule has 1 aliphatic rings. The number of nitrogens with one attached hydrogen (secondary N) is 1. The number of rotatable bonds is 8. The molecule has 0 saturated carbocycles. The number of fused-ring (bicyclic) bond motifs is 1. The fraction of sp³-hybridized carbons (Fsp3) is 0.480. The molecule has 1 fully saturated rings. The minimum atomic E-state index is -0.197. The van der Waals surface area contributed by atoms with Crippen LogP contribution in [0, 0.1) is 19.7 Å². The zero-order valence-corrected chi connectivity index (χ0v) is 19.2. The number of likely N-dealkylation sites (tertiary alicyclic amines) is 1. The summed E-state index contributed by atoms with van der Waals surface area (Å²) < 4.78 is 15.5. The maximum atomic E-state index is 13.6. The molecule has 0 aliphatic carbocycles. The van der Waals surface area contributed by atoms with Crippen molar-refractivity contribution in [3.05, 3.63) is 64.4 Å². The highest BCUT2D eigenvalue weighted by Crippen LogP contribution is 2.33. The summed E-state index contributed by atoms with van der Waals surface area (Å²) in [7, 11) is 0. The number of aryl methyl sites for hydroxylation is 2. The minimum Gasteiger partial charge on any atom is -0.356 e. The van der Waals surface area contributed by atoms with Crippen LogP contribution in [0.15, 0.2) is 30.3 Å². The molecule has 0 spiro atoms.